The molecule has 0 saturated heterocycles. The van der Waals surface area contributed by atoms with Gasteiger partial charge in [0.2, 0.25) is 0 Å². The normalized spacial score (nSPS) is 14.5. The summed E-state index contributed by atoms with van der Waals surface area (Å²) in [5, 5.41) is 30.2. The quantitative estimate of drug-likeness (QED) is 0.748. The fraction of sp³-hybridized carbons (Fsp3) is 0.188. The van der Waals surface area contributed by atoms with E-state index < -0.39 is 12.1 Å². The summed E-state index contributed by atoms with van der Waals surface area (Å²) < 4.78 is 0. The van der Waals surface area contributed by atoms with E-state index in [4.69, 9.17) is 5.11 Å². The molecule has 0 saturated carbocycles. The van der Waals surface area contributed by atoms with Crippen LogP contribution >= 0.6 is 0 Å². The first kappa shape index (κ1) is 14.1. The third-order valence-electron chi connectivity index (χ3n) is 3.29. The van der Waals surface area contributed by atoms with Crippen LogP contribution in [0, 0.1) is 5.92 Å². The Kier molecular flexibility index (Phi) is 4.05. The summed E-state index contributed by atoms with van der Waals surface area (Å²) in [4.78, 5) is 10.5. The maximum Gasteiger partial charge on any atom is 0.327 e. The van der Waals surface area contributed by atoms with Gasteiger partial charge >= 0.3 is 5.97 Å². The molecule has 0 aliphatic rings. The Morgan fingerprint density at radius 3 is 2.45 bits per heavy atom. The number of aliphatic hydroxyl groups is 1. The highest BCUT2D eigenvalue weighted by atomic mass is 16.4. The topological polar surface area (TPSA) is 77.8 Å². The molecule has 2 aromatic carbocycles. The molecule has 0 spiro atoms. The zero-order chi connectivity index (χ0) is 14.7. The van der Waals surface area contributed by atoms with Crippen molar-refractivity contribution in [2.24, 2.45) is 5.92 Å². The van der Waals surface area contributed by atoms with Gasteiger partial charge in [-0.1, -0.05) is 43.3 Å². The highest BCUT2D eigenvalue weighted by Crippen LogP contribution is 2.33. The lowest BCUT2D eigenvalue weighted by atomic mass is 9.92. The molecule has 0 bridgehead atoms. The number of hydrogen-bond donors (Lipinski definition) is 3. The Morgan fingerprint density at radius 1 is 1.15 bits per heavy atom. The van der Waals surface area contributed by atoms with Crippen LogP contribution in [0.4, 0.5) is 0 Å². The summed E-state index contributed by atoms with van der Waals surface area (Å²) in [5.74, 6) is -1.23. The monoisotopic (exact) mass is 272 g/mol. The van der Waals surface area contributed by atoms with Gasteiger partial charge in [0.25, 0.3) is 0 Å². The molecule has 0 radical (unpaired) electrons. The van der Waals surface area contributed by atoms with Gasteiger partial charge in [0.15, 0.2) is 0 Å². The lowest BCUT2D eigenvalue weighted by Crippen LogP contribution is -2.08. The third-order valence-corrected chi connectivity index (χ3v) is 3.29. The zero-order valence-electron chi connectivity index (χ0n) is 11.0. The van der Waals surface area contributed by atoms with Crippen molar-refractivity contribution in [3.8, 4) is 5.75 Å². The smallest absolute Gasteiger partial charge is 0.327 e. The van der Waals surface area contributed by atoms with Crippen molar-refractivity contribution in [3.05, 3.63) is 54.1 Å². The highest BCUT2D eigenvalue weighted by molar-refractivity contribution is 5.91. The fourth-order valence-corrected chi connectivity index (χ4v) is 2.19. The van der Waals surface area contributed by atoms with Gasteiger partial charge in [0.05, 0.1) is 6.10 Å². The molecular formula is C16H16O4. The number of carboxylic acid groups (broad SMARTS) is 1. The van der Waals surface area contributed by atoms with Gasteiger partial charge in [0, 0.05) is 17.4 Å². The number of hydrogen-bond acceptors (Lipinski definition) is 3. The predicted octanol–water partition coefficient (Wildman–Crippen LogP) is 2.86. The number of fused-ring (bicyclic) bond motifs is 1. The molecule has 0 aliphatic heterocycles. The number of phenolic OH excluding ortho intramolecular Hbond substituents is 1. The fourth-order valence-electron chi connectivity index (χ4n) is 2.19. The summed E-state index contributed by atoms with van der Waals surface area (Å²) in [6.45, 7) is 1.74. The zero-order valence-corrected chi connectivity index (χ0v) is 11.0. The van der Waals surface area contributed by atoms with Crippen molar-refractivity contribution in [1.82, 2.24) is 0 Å². The molecule has 2 aromatic rings. The molecule has 4 nitrogen and oxygen atoms in total. The van der Waals surface area contributed by atoms with Crippen molar-refractivity contribution in [2.75, 3.05) is 0 Å². The van der Waals surface area contributed by atoms with Crippen molar-refractivity contribution in [3.63, 3.8) is 0 Å². The highest BCUT2D eigenvalue weighted by Gasteiger charge is 2.17. The van der Waals surface area contributed by atoms with Gasteiger partial charge in [-0.15, -0.1) is 0 Å². The van der Waals surface area contributed by atoms with E-state index in [1.807, 2.05) is 18.2 Å². The van der Waals surface area contributed by atoms with Crippen molar-refractivity contribution >= 4 is 16.7 Å². The van der Waals surface area contributed by atoms with Gasteiger partial charge < -0.3 is 15.3 Å². The summed E-state index contributed by atoms with van der Waals surface area (Å²) in [7, 11) is 0. The molecule has 0 aliphatic carbocycles. The molecule has 2 atom stereocenters. The molecule has 0 fully saturated rings. The predicted molar refractivity (Wildman–Crippen MR) is 76.5 cm³/mol. The standard InChI is InChI=1S/C16H16O4/c1-10(6-9-15(18)19)16(20)13-7-8-14(17)12-5-3-2-4-11(12)13/h2-10,16-17,20H,1H3,(H,18,19)/b9-6+/t10-,16+/m1/s1. The molecule has 2 rings (SSSR count). The number of aliphatic hydroxyl groups excluding tert-OH is 1. The SMILES string of the molecule is C[C@H](/C=C/C(=O)O)[C@H](O)c1ccc(O)c2ccccc12. The Hall–Kier alpha value is -2.33. The molecule has 20 heavy (non-hydrogen) atoms. The van der Waals surface area contributed by atoms with Crippen molar-refractivity contribution in [2.45, 2.75) is 13.0 Å². The maximum atomic E-state index is 10.5. The number of aliphatic carboxylic acids is 1. The van der Waals surface area contributed by atoms with Crippen LogP contribution in [0.1, 0.15) is 18.6 Å². The molecule has 0 heterocycles. The first-order valence-corrected chi connectivity index (χ1v) is 6.30. The second-order valence-electron chi connectivity index (χ2n) is 4.72. The number of carboxylic acids is 1. The summed E-state index contributed by atoms with van der Waals surface area (Å²) in [5.41, 5.74) is 0.668. The van der Waals surface area contributed by atoms with Gasteiger partial charge in [0.1, 0.15) is 5.75 Å². The van der Waals surface area contributed by atoms with E-state index in [0.29, 0.717) is 10.9 Å². The molecule has 4 heteroatoms. The van der Waals surface area contributed by atoms with E-state index in [0.717, 1.165) is 11.5 Å². The van der Waals surface area contributed by atoms with Crippen LogP contribution in [0.3, 0.4) is 0 Å². The van der Waals surface area contributed by atoms with Gasteiger partial charge in [-0.25, -0.2) is 4.79 Å². The Labute approximate surface area is 116 Å². The Balaban J connectivity index is 2.42. The first-order chi connectivity index (χ1) is 9.50. The Morgan fingerprint density at radius 2 is 1.80 bits per heavy atom. The molecular weight excluding hydrogens is 256 g/mol. The largest absolute Gasteiger partial charge is 0.507 e. The molecule has 104 valence electrons. The van der Waals surface area contributed by atoms with E-state index in [1.54, 1.807) is 19.1 Å². The second kappa shape index (κ2) is 5.75. The Bertz CT molecular complexity index is 661. The van der Waals surface area contributed by atoms with Gasteiger partial charge in [-0.2, -0.15) is 0 Å². The summed E-state index contributed by atoms with van der Waals surface area (Å²) >= 11 is 0. The number of rotatable bonds is 4. The van der Waals surface area contributed by atoms with Crippen LogP contribution in [0.15, 0.2) is 48.6 Å². The summed E-state index contributed by atoms with van der Waals surface area (Å²) in [6, 6.07) is 10.4. The van der Waals surface area contributed by atoms with E-state index in [9.17, 15) is 15.0 Å². The number of phenols is 1. The second-order valence-corrected chi connectivity index (χ2v) is 4.72. The van der Waals surface area contributed by atoms with E-state index in [-0.39, 0.29) is 11.7 Å². The van der Waals surface area contributed by atoms with E-state index >= 15 is 0 Å². The third kappa shape index (κ3) is 2.81. The maximum absolute atomic E-state index is 10.5. The van der Waals surface area contributed by atoms with Crippen molar-refractivity contribution in [1.29, 1.82) is 0 Å². The van der Waals surface area contributed by atoms with E-state index in [1.165, 1.54) is 12.1 Å². The minimum Gasteiger partial charge on any atom is -0.507 e. The van der Waals surface area contributed by atoms with Crippen LogP contribution in [0.2, 0.25) is 0 Å². The van der Waals surface area contributed by atoms with Crippen LogP contribution < -0.4 is 0 Å². The minimum absolute atomic E-state index is 0.158. The lowest BCUT2D eigenvalue weighted by Gasteiger charge is -2.18. The first-order valence-electron chi connectivity index (χ1n) is 6.30. The molecule has 0 amide bonds. The molecule has 0 aromatic heterocycles. The van der Waals surface area contributed by atoms with Gasteiger partial charge in [-0.3, -0.25) is 0 Å². The van der Waals surface area contributed by atoms with E-state index in [2.05, 4.69) is 0 Å². The van der Waals surface area contributed by atoms with Crippen molar-refractivity contribution < 1.29 is 20.1 Å². The number of carbonyl (C=O) groups is 1. The average molecular weight is 272 g/mol. The number of aromatic hydroxyl groups is 1. The lowest BCUT2D eigenvalue weighted by molar-refractivity contribution is -0.131. The molecule has 0 unspecified atom stereocenters. The minimum atomic E-state index is -1.04. The van der Waals surface area contributed by atoms with Crippen LogP contribution in [-0.4, -0.2) is 21.3 Å². The number of benzene rings is 2. The molecule has 3 N–H and O–H groups in total. The van der Waals surface area contributed by atoms with Crippen LogP contribution in [0.25, 0.3) is 10.8 Å². The average Bonchev–Trinajstić information content (AvgIpc) is 2.44. The van der Waals surface area contributed by atoms with Crippen LogP contribution in [-0.2, 0) is 4.79 Å². The van der Waals surface area contributed by atoms with Crippen LogP contribution in [0.5, 0.6) is 5.75 Å². The summed E-state index contributed by atoms with van der Waals surface area (Å²) in [6.07, 6.45) is 1.64. The van der Waals surface area contributed by atoms with Gasteiger partial charge in [-0.05, 0) is 17.0 Å².